The van der Waals surface area contributed by atoms with E-state index in [1.54, 1.807) is 0 Å². The number of para-hydroxylation sites is 1. The summed E-state index contributed by atoms with van der Waals surface area (Å²) >= 11 is 0. The van der Waals surface area contributed by atoms with Gasteiger partial charge in [-0.3, -0.25) is 4.79 Å². The third kappa shape index (κ3) is 4.09. The molecule has 2 atom stereocenters. The average Bonchev–Trinajstić information content (AvgIpc) is 2.52. The molecular weight excluding hydrogens is 262 g/mol. The second-order valence-electron chi connectivity index (χ2n) is 5.13. The smallest absolute Gasteiger partial charge is 0.308 e. The largest absolute Gasteiger partial charge is 0.481 e. The van der Waals surface area contributed by atoms with Gasteiger partial charge in [0, 0.05) is 5.69 Å². The lowest BCUT2D eigenvalue weighted by atomic mass is 9.89. The molecule has 0 unspecified atom stereocenters. The van der Waals surface area contributed by atoms with Gasteiger partial charge in [0.15, 0.2) is 0 Å². The van der Waals surface area contributed by atoms with Crippen molar-refractivity contribution in [2.75, 3.05) is 5.32 Å². The molecule has 0 bridgehead atoms. The maximum Gasteiger partial charge on any atom is 0.308 e. The monoisotopic (exact) mass is 283 g/mol. The van der Waals surface area contributed by atoms with E-state index >= 15 is 0 Å². The highest BCUT2D eigenvalue weighted by atomic mass is 16.4. The van der Waals surface area contributed by atoms with Crippen molar-refractivity contribution in [2.45, 2.75) is 25.8 Å². The van der Waals surface area contributed by atoms with E-state index in [-0.39, 0.29) is 6.04 Å². The Kier molecular flexibility index (Phi) is 5.38. The zero-order valence-electron chi connectivity index (χ0n) is 12.2. The molecule has 0 amide bonds. The molecule has 0 fully saturated rings. The first-order valence-corrected chi connectivity index (χ1v) is 7.31. The summed E-state index contributed by atoms with van der Waals surface area (Å²) in [7, 11) is 0. The summed E-state index contributed by atoms with van der Waals surface area (Å²) in [4.78, 5) is 11.7. The summed E-state index contributed by atoms with van der Waals surface area (Å²) in [5.41, 5.74) is 1.94. The van der Waals surface area contributed by atoms with E-state index in [2.05, 4.69) is 5.32 Å². The lowest BCUT2D eigenvalue weighted by Gasteiger charge is -2.26. The van der Waals surface area contributed by atoms with Gasteiger partial charge in [-0.05, 0) is 24.1 Å². The number of hydrogen-bond acceptors (Lipinski definition) is 2. The number of rotatable bonds is 7. The Morgan fingerprint density at radius 3 is 2.14 bits per heavy atom. The number of nitrogens with one attached hydrogen (secondary N) is 1. The number of benzene rings is 2. The molecule has 0 aliphatic rings. The van der Waals surface area contributed by atoms with E-state index in [1.807, 2.05) is 67.6 Å². The van der Waals surface area contributed by atoms with Crippen LogP contribution in [0.3, 0.4) is 0 Å². The van der Waals surface area contributed by atoms with Gasteiger partial charge in [-0.2, -0.15) is 0 Å². The topological polar surface area (TPSA) is 49.3 Å². The number of carboxylic acids is 1. The quantitative estimate of drug-likeness (QED) is 0.794. The minimum Gasteiger partial charge on any atom is -0.481 e. The predicted octanol–water partition coefficient (Wildman–Crippen LogP) is 4.34. The summed E-state index contributed by atoms with van der Waals surface area (Å²) in [5.74, 6) is -1.20. The van der Waals surface area contributed by atoms with Crippen LogP contribution in [0.4, 0.5) is 5.69 Å². The first-order chi connectivity index (χ1) is 10.2. The first-order valence-electron chi connectivity index (χ1n) is 7.31. The highest BCUT2D eigenvalue weighted by molar-refractivity contribution is 5.72. The Bertz CT molecular complexity index is 554. The first kappa shape index (κ1) is 15.1. The molecule has 0 aromatic heterocycles. The van der Waals surface area contributed by atoms with Crippen LogP contribution >= 0.6 is 0 Å². The fraction of sp³-hybridized carbons (Fsp3) is 0.278. The van der Waals surface area contributed by atoms with Crippen LogP contribution in [0.1, 0.15) is 31.4 Å². The number of carboxylic acid groups (broad SMARTS) is 1. The van der Waals surface area contributed by atoms with Crippen LogP contribution in [-0.4, -0.2) is 11.1 Å². The summed E-state index contributed by atoms with van der Waals surface area (Å²) in [5, 5.41) is 13.0. The van der Waals surface area contributed by atoms with Gasteiger partial charge < -0.3 is 10.4 Å². The molecule has 0 aliphatic carbocycles. The number of carbonyl (C=O) groups is 1. The molecule has 2 rings (SSSR count). The molecule has 0 radical (unpaired) electrons. The van der Waals surface area contributed by atoms with Crippen molar-refractivity contribution in [3.8, 4) is 0 Å². The number of aliphatic carboxylic acids is 1. The van der Waals surface area contributed by atoms with Crippen LogP contribution in [0, 0.1) is 5.92 Å². The third-order valence-electron chi connectivity index (χ3n) is 3.57. The molecule has 0 aliphatic heterocycles. The lowest BCUT2D eigenvalue weighted by Crippen LogP contribution is -2.27. The number of anilines is 1. The molecule has 2 N–H and O–H groups in total. The van der Waals surface area contributed by atoms with Gasteiger partial charge >= 0.3 is 5.97 Å². The van der Waals surface area contributed by atoms with Crippen LogP contribution in [0.2, 0.25) is 0 Å². The van der Waals surface area contributed by atoms with Gasteiger partial charge in [-0.1, -0.05) is 61.9 Å². The summed E-state index contributed by atoms with van der Waals surface area (Å²) in [6.45, 7) is 2.01. The Labute approximate surface area is 125 Å². The molecule has 3 heteroatoms. The van der Waals surface area contributed by atoms with E-state index in [4.69, 9.17) is 0 Å². The van der Waals surface area contributed by atoms with Gasteiger partial charge in [-0.15, -0.1) is 0 Å². The predicted molar refractivity (Wildman–Crippen MR) is 85.3 cm³/mol. The van der Waals surface area contributed by atoms with Gasteiger partial charge in [0.25, 0.3) is 0 Å². The molecule has 3 nitrogen and oxygen atoms in total. The normalized spacial score (nSPS) is 13.4. The molecular formula is C18H21NO2. The standard InChI is InChI=1S/C18H21NO2/c1-2-9-16(18(20)21)17(14-10-5-3-6-11-14)19-15-12-7-4-8-13-15/h3-8,10-13,16-17,19H,2,9H2,1H3,(H,20,21)/t16-,17+/m1/s1. The Hall–Kier alpha value is -2.29. The molecule has 0 saturated heterocycles. The Balaban J connectivity index is 2.31. The molecule has 110 valence electrons. The maximum atomic E-state index is 11.7. The molecule has 2 aromatic rings. The van der Waals surface area contributed by atoms with E-state index < -0.39 is 11.9 Å². The summed E-state index contributed by atoms with van der Waals surface area (Å²) in [6.07, 6.45) is 1.49. The molecule has 0 saturated carbocycles. The molecule has 0 heterocycles. The number of hydrogen-bond donors (Lipinski definition) is 2. The van der Waals surface area contributed by atoms with Gasteiger partial charge in [0.1, 0.15) is 0 Å². The van der Waals surface area contributed by atoms with Crippen molar-refractivity contribution < 1.29 is 9.90 Å². The van der Waals surface area contributed by atoms with Crippen LogP contribution in [0.5, 0.6) is 0 Å². The zero-order valence-corrected chi connectivity index (χ0v) is 12.2. The van der Waals surface area contributed by atoms with Crippen LogP contribution in [-0.2, 0) is 4.79 Å². The second kappa shape index (κ2) is 7.48. The molecule has 2 aromatic carbocycles. The van der Waals surface area contributed by atoms with E-state index in [0.717, 1.165) is 17.7 Å². The average molecular weight is 283 g/mol. The molecule has 0 spiro atoms. The van der Waals surface area contributed by atoms with Crippen molar-refractivity contribution >= 4 is 11.7 Å². The van der Waals surface area contributed by atoms with E-state index in [1.165, 1.54) is 0 Å². The lowest BCUT2D eigenvalue weighted by molar-refractivity contribution is -0.142. The fourth-order valence-corrected chi connectivity index (χ4v) is 2.53. The minimum absolute atomic E-state index is 0.231. The fourth-order valence-electron chi connectivity index (χ4n) is 2.53. The van der Waals surface area contributed by atoms with Gasteiger partial charge in [0.05, 0.1) is 12.0 Å². The van der Waals surface area contributed by atoms with Crippen molar-refractivity contribution in [1.82, 2.24) is 0 Å². The maximum absolute atomic E-state index is 11.7. The van der Waals surface area contributed by atoms with Crippen molar-refractivity contribution in [1.29, 1.82) is 0 Å². The summed E-state index contributed by atoms with van der Waals surface area (Å²) in [6, 6.07) is 19.3. The van der Waals surface area contributed by atoms with E-state index in [0.29, 0.717) is 6.42 Å². The Morgan fingerprint density at radius 2 is 1.62 bits per heavy atom. The minimum atomic E-state index is -0.755. The van der Waals surface area contributed by atoms with Crippen LogP contribution in [0.15, 0.2) is 60.7 Å². The van der Waals surface area contributed by atoms with Crippen molar-refractivity contribution in [3.63, 3.8) is 0 Å². The molecule has 21 heavy (non-hydrogen) atoms. The van der Waals surface area contributed by atoms with Crippen molar-refractivity contribution in [3.05, 3.63) is 66.2 Å². The van der Waals surface area contributed by atoms with E-state index in [9.17, 15) is 9.90 Å². The van der Waals surface area contributed by atoms with Crippen LogP contribution < -0.4 is 5.32 Å². The highest BCUT2D eigenvalue weighted by Gasteiger charge is 2.28. The van der Waals surface area contributed by atoms with Crippen LogP contribution in [0.25, 0.3) is 0 Å². The second-order valence-corrected chi connectivity index (χ2v) is 5.13. The zero-order chi connectivity index (χ0) is 15.1. The third-order valence-corrected chi connectivity index (χ3v) is 3.57. The van der Waals surface area contributed by atoms with Crippen molar-refractivity contribution in [2.24, 2.45) is 5.92 Å². The van der Waals surface area contributed by atoms with Gasteiger partial charge in [0.2, 0.25) is 0 Å². The summed E-state index contributed by atoms with van der Waals surface area (Å²) < 4.78 is 0. The Morgan fingerprint density at radius 1 is 1.05 bits per heavy atom. The highest BCUT2D eigenvalue weighted by Crippen LogP contribution is 2.30. The SMILES string of the molecule is CCC[C@@H](C(=O)O)[C@@H](Nc1ccccc1)c1ccccc1. The van der Waals surface area contributed by atoms with Gasteiger partial charge in [-0.25, -0.2) is 0 Å².